The predicted octanol–water partition coefficient (Wildman–Crippen LogP) is 6.56. The molecule has 0 atom stereocenters. The summed E-state index contributed by atoms with van der Waals surface area (Å²) in [6.07, 6.45) is -4.55. The van der Waals surface area contributed by atoms with Gasteiger partial charge in [0.2, 0.25) is 0 Å². The molecule has 0 unspecified atom stereocenters. The van der Waals surface area contributed by atoms with E-state index in [2.05, 4.69) is 5.32 Å². The maximum atomic E-state index is 13.1. The number of amides is 1. The number of halogens is 4. The standard InChI is InChI=1S/C20H15ClF3NO2S/c1-12-6-7-15(21)17(8-12)27-10-13-9-18(28-11-13)19(26)25-16-5-3-2-4-14(16)20(22,23)24/h2-9,11H,10H2,1H3,(H,25,26). The maximum absolute atomic E-state index is 13.1. The lowest BCUT2D eigenvalue weighted by molar-refractivity contribution is -0.136. The molecule has 3 rings (SSSR count). The maximum Gasteiger partial charge on any atom is 0.418 e. The first-order valence-electron chi connectivity index (χ1n) is 8.18. The van der Waals surface area contributed by atoms with Gasteiger partial charge in [0.15, 0.2) is 0 Å². The minimum atomic E-state index is -4.55. The van der Waals surface area contributed by atoms with Crippen LogP contribution in [0.15, 0.2) is 53.9 Å². The van der Waals surface area contributed by atoms with Crippen molar-refractivity contribution in [1.29, 1.82) is 0 Å². The molecule has 0 saturated heterocycles. The van der Waals surface area contributed by atoms with E-state index in [4.69, 9.17) is 16.3 Å². The molecule has 8 heteroatoms. The highest BCUT2D eigenvalue weighted by Gasteiger charge is 2.33. The molecule has 1 N–H and O–H groups in total. The second kappa shape index (κ2) is 8.24. The van der Waals surface area contributed by atoms with E-state index in [-0.39, 0.29) is 17.2 Å². The van der Waals surface area contributed by atoms with Crippen LogP contribution in [0.1, 0.15) is 26.4 Å². The van der Waals surface area contributed by atoms with Gasteiger partial charge in [-0.3, -0.25) is 4.79 Å². The Morgan fingerprint density at radius 1 is 1.18 bits per heavy atom. The van der Waals surface area contributed by atoms with Crippen molar-refractivity contribution in [1.82, 2.24) is 0 Å². The van der Waals surface area contributed by atoms with E-state index in [0.717, 1.165) is 28.5 Å². The van der Waals surface area contributed by atoms with Gasteiger partial charge in [-0.2, -0.15) is 13.2 Å². The van der Waals surface area contributed by atoms with E-state index in [1.54, 1.807) is 23.6 Å². The quantitative estimate of drug-likeness (QED) is 0.502. The Balaban J connectivity index is 1.69. The Morgan fingerprint density at radius 3 is 2.68 bits per heavy atom. The molecule has 3 nitrogen and oxygen atoms in total. The molecular weight excluding hydrogens is 411 g/mol. The van der Waals surface area contributed by atoms with E-state index in [0.29, 0.717) is 10.8 Å². The molecule has 0 spiro atoms. The highest BCUT2D eigenvalue weighted by Crippen LogP contribution is 2.35. The van der Waals surface area contributed by atoms with Crippen molar-refractivity contribution in [2.24, 2.45) is 0 Å². The number of alkyl halides is 3. The molecule has 0 fully saturated rings. The molecule has 0 saturated carbocycles. The fourth-order valence-electron chi connectivity index (χ4n) is 2.48. The molecule has 3 aromatic rings. The van der Waals surface area contributed by atoms with Crippen molar-refractivity contribution in [3.8, 4) is 5.75 Å². The minimum Gasteiger partial charge on any atom is -0.487 e. The summed E-state index contributed by atoms with van der Waals surface area (Å²) in [5.74, 6) is -0.0838. The van der Waals surface area contributed by atoms with Gasteiger partial charge in [0.25, 0.3) is 5.91 Å². The van der Waals surface area contributed by atoms with Crippen LogP contribution in [0.5, 0.6) is 5.75 Å². The van der Waals surface area contributed by atoms with Gasteiger partial charge in [-0.15, -0.1) is 11.3 Å². The van der Waals surface area contributed by atoms with Gasteiger partial charge in [-0.05, 0) is 48.2 Å². The third-order valence-corrected chi connectivity index (χ3v) is 5.13. The lowest BCUT2D eigenvalue weighted by Gasteiger charge is -2.12. The van der Waals surface area contributed by atoms with Crippen LogP contribution in [0.25, 0.3) is 0 Å². The molecule has 0 bridgehead atoms. The van der Waals surface area contributed by atoms with Crippen LogP contribution in [-0.2, 0) is 12.8 Å². The summed E-state index contributed by atoms with van der Waals surface area (Å²) in [6, 6.07) is 11.8. The van der Waals surface area contributed by atoms with Crippen molar-refractivity contribution in [3.63, 3.8) is 0 Å². The molecule has 0 aliphatic carbocycles. The summed E-state index contributed by atoms with van der Waals surface area (Å²) >= 11 is 7.21. The fraction of sp³-hybridized carbons (Fsp3) is 0.150. The topological polar surface area (TPSA) is 38.3 Å². The number of nitrogens with one attached hydrogen (secondary N) is 1. The van der Waals surface area contributed by atoms with E-state index >= 15 is 0 Å². The number of thiophene rings is 1. The third kappa shape index (κ3) is 4.85. The Labute approximate surface area is 168 Å². The summed E-state index contributed by atoms with van der Waals surface area (Å²) in [4.78, 5) is 12.6. The summed E-state index contributed by atoms with van der Waals surface area (Å²) in [6.45, 7) is 2.10. The molecule has 146 valence electrons. The van der Waals surface area contributed by atoms with Crippen molar-refractivity contribution in [2.75, 3.05) is 5.32 Å². The number of carbonyl (C=O) groups excluding carboxylic acids is 1. The van der Waals surface area contributed by atoms with Gasteiger partial charge >= 0.3 is 6.18 Å². The lowest BCUT2D eigenvalue weighted by Crippen LogP contribution is -2.15. The summed E-state index contributed by atoms with van der Waals surface area (Å²) in [5.41, 5.74) is 0.542. The number of anilines is 1. The van der Waals surface area contributed by atoms with E-state index < -0.39 is 17.6 Å². The van der Waals surface area contributed by atoms with Crippen molar-refractivity contribution < 1.29 is 22.7 Å². The fourth-order valence-corrected chi connectivity index (χ4v) is 3.44. The number of ether oxygens (including phenoxy) is 1. The van der Waals surface area contributed by atoms with Gasteiger partial charge < -0.3 is 10.1 Å². The second-order valence-electron chi connectivity index (χ2n) is 6.04. The average Bonchev–Trinajstić information content (AvgIpc) is 3.11. The van der Waals surface area contributed by atoms with Crippen LogP contribution in [0, 0.1) is 6.92 Å². The molecule has 0 radical (unpaired) electrons. The lowest BCUT2D eigenvalue weighted by atomic mass is 10.1. The number of benzene rings is 2. The van der Waals surface area contributed by atoms with Gasteiger partial charge in [0.05, 0.1) is 21.2 Å². The molecular formula is C20H15ClF3NO2S. The van der Waals surface area contributed by atoms with Crippen molar-refractivity contribution in [3.05, 3.63) is 80.5 Å². The Hall–Kier alpha value is -2.51. The second-order valence-corrected chi connectivity index (χ2v) is 7.36. The van der Waals surface area contributed by atoms with Gasteiger partial charge in [0, 0.05) is 5.56 Å². The largest absolute Gasteiger partial charge is 0.487 e. The van der Waals surface area contributed by atoms with Crippen molar-refractivity contribution in [2.45, 2.75) is 19.7 Å². The van der Waals surface area contributed by atoms with Crippen LogP contribution in [0.4, 0.5) is 18.9 Å². The number of aryl methyl sites for hydroxylation is 1. The number of para-hydroxylation sites is 1. The normalized spacial score (nSPS) is 11.3. The molecule has 1 amide bonds. The van der Waals surface area contributed by atoms with Gasteiger partial charge in [0.1, 0.15) is 12.4 Å². The molecule has 0 aliphatic heterocycles. The molecule has 28 heavy (non-hydrogen) atoms. The zero-order valence-corrected chi connectivity index (χ0v) is 16.2. The zero-order chi connectivity index (χ0) is 20.3. The zero-order valence-electron chi connectivity index (χ0n) is 14.6. The summed E-state index contributed by atoms with van der Waals surface area (Å²) in [5, 5.41) is 4.52. The minimum absolute atomic E-state index is 0.187. The van der Waals surface area contributed by atoms with Crippen LogP contribution in [0.3, 0.4) is 0 Å². The predicted molar refractivity (Wildman–Crippen MR) is 104 cm³/mol. The first-order valence-corrected chi connectivity index (χ1v) is 9.44. The van der Waals surface area contributed by atoms with Crippen LogP contribution >= 0.6 is 22.9 Å². The van der Waals surface area contributed by atoms with Crippen molar-refractivity contribution >= 4 is 34.5 Å². The Bertz CT molecular complexity index is 1000. The number of rotatable bonds is 5. The van der Waals surface area contributed by atoms with Gasteiger partial charge in [-0.25, -0.2) is 0 Å². The molecule has 2 aromatic carbocycles. The smallest absolute Gasteiger partial charge is 0.418 e. The van der Waals surface area contributed by atoms with E-state index in [9.17, 15) is 18.0 Å². The van der Waals surface area contributed by atoms with E-state index in [1.807, 2.05) is 13.0 Å². The van der Waals surface area contributed by atoms with Crippen LogP contribution in [-0.4, -0.2) is 5.91 Å². The third-order valence-electron chi connectivity index (χ3n) is 3.84. The van der Waals surface area contributed by atoms with Gasteiger partial charge in [-0.1, -0.05) is 29.8 Å². The summed E-state index contributed by atoms with van der Waals surface area (Å²) in [7, 11) is 0. The monoisotopic (exact) mass is 425 g/mol. The summed E-state index contributed by atoms with van der Waals surface area (Å²) < 4.78 is 44.8. The number of carbonyl (C=O) groups is 1. The number of hydrogen-bond donors (Lipinski definition) is 1. The SMILES string of the molecule is Cc1ccc(Cl)c(OCc2csc(C(=O)Nc3ccccc3C(F)(F)F)c2)c1. The molecule has 1 heterocycles. The average molecular weight is 426 g/mol. The highest BCUT2D eigenvalue weighted by atomic mass is 35.5. The van der Waals surface area contributed by atoms with E-state index in [1.165, 1.54) is 18.2 Å². The highest BCUT2D eigenvalue weighted by molar-refractivity contribution is 7.12. The number of hydrogen-bond acceptors (Lipinski definition) is 3. The van der Waals surface area contributed by atoms with Crippen LogP contribution < -0.4 is 10.1 Å². The Kier molecular flexibility index (Phi) is 5.96. The van der Waals surface area contributed by atoms with Crippen LogP contribution in [0.2, 0.25) is 5.02 Å². The molecule has 0 aliphatic rings. The first-order chi connectivity index (χ1) is 13.2. The Morgan fingerprint density at radius 2 is 1.93 bits per heavy atom. The molecule has 1 aromatic heterocycles. The first kappa shape index (κ1) is 20.2.